The third-order valence-corrected chi connectivity index (χ3v) is 5.21. The van der Waals surface area contributed by atoms with Crippen LogP contribution in [0.15, 0.2) is 61.3 Å². The van der Waals surface area contributed by atoms with Crippen LogP contribution < -0.4 is 11.5 Å². The highest BCUT2D eigenvalue weighted by molar-refractivity contribution is 7.94. The van der Waals surface area contributed by atoms with Crippen LogP contribution >= 0.6 is 36.1 Å². The van der Waals surface area contributed by atoms with Gasteiger partial charge in [-0.15, -0.1) is 10.2 Å². The van der Waals surface area contributed by atoms with Gasteiger partial charge < -0.3 is 30.2 Å². The monoisotopic (exact) mass is 422 g/mol. The SMILES string of the molecule is Nc1ccc(N=Nc2c(N)c(SO)cc3cc(SO)cc(O)c23)c(SO)c1. The van der Waals surface area contributed by atoms with E-state index >= 15 is 0 Å². The Labute approximate surface area is 166 Å². The predicted octanol–water partition coefficient (Wildman–Crippen LogP) is 5.82. The largest absolute Gasteiger partial charge is 0.507 e. The fraction of sp³-hybridized carbons (Fsp3) is 0. The van der Waals surface area contributed by atoms with E-state index in [1.807, 2.05) is 0 Å². The summed E-state index contributed by atoms with van der Waals surface area (Å²) in [7, 11) is 0. The number of azo groups is 1. The van der Waals surface area contributed by atoms with E-state index in [2.05, 4.69) is 10.2 Å². The first kappa shape index (κ1) is 19.6. The molecule has 0 amide bonds. The van der Waals surface area contributed by atoms with Crippen LogP contribution in [0.2, 0.25) is 0 Å². The minimum absolute atomic E-state index is 0.132. The van der Waals surface area contributed by atoms with Crippen molar-refractivity contribution in [2.75, 3.05) is 11.5 Å². The Bertz CT molecular complexity index is 1050. The van der Waals surface area contributed by atoms with Gasteiger partial charge in [-0.3, -0.25) is 0 Å². The van der Waals surface area contributed by atoms with Crippen molar-refractivity contribution in [1.82, 2.24) is 0 Å². The second-order valence-corrected chi connectivity index (χ2v) is 7.28. The molecule has 3 aromatic carbocycles. The zero-order valence-corrected chi connectivity index (χ0v) is 16.0. The van der Waals surface area contributed by atoms with Gasteiger partial charge in [0.15, 0.2) is 0 Å². The number of phenolic OH excluding ortho intramolecular Hbond substituents is 1. The van der Waals surface area contributed by atoms with Crippen molar-refractivity contribution in [2.45, 2.75) is 14.7 Å². The van der Waals surface area contributed by atoms with Crippen LogP contribution in [-0.4, -0.2) is 18.8 Å². The Kier molecular flexibility index (Phi) is 5.99. The van der Waals surface area contributed by atoms with Crippen molar-refractivity contribution in [3.05, 3.63) is 36.4 Å². The maximum atomic E-state index is 10.4. The van der Waals surface area contributed by atoms with E-state index in [1.165, 1.54) is 6.07 Å². The highest BCUT2D eigenvalue weighted by Gasteiger charge is 2.16. The summed E-state index contributed by atoms with van der Waals surface area (Å²) < 4.78 is 28.1. The van der Waals surface area contributed by atoms with Gasteiger partial charge in [-0.25, -0.2) is 0 Å². The highest BCUT2D eigenvalue weighted by Crippen LogP contribution is 2.45. The third-order valence-electron chi connectivity index (χ3n) is 3.71. The maximum Gasteiger partial charge on any atom is 0.126 e. The van der Waals surface area contributed by atoms with Crippen molar-refractivity contribution in [2.24, 2.45) is 10.2 Å². The van der Waals surface area contributed by atoms with Gasteiger partial charge in [0, 0.05) is 46.7 Å². The number of nitrogens with two attached hydrogens (primary N) is 2. The summed E-state index contributed by atoms with van der Waals surface area (Å²) in [5.74, 6) is -0.145. The third kappa shape index (κ3) is 3.93. The van der Waals surface area contributed by atoms with Crippen molar-refractivity contribution in [3.63, 3.8) is 0 Å². The van der Waals surface area contributed by atoms with E-state index in [4.69, 9.17) is 11.5 Å². The molecule has 0 unspecified atom stereocenters. The van der Waals surface area contributed by atoms with Gasteiger partial charge in [0.2, 0.25) is 0 Å². The fourth-order valence-corrected chi connectivity index (χ4v) is 3.60. The Morgan fingerprint density at radius 3 is 2.22 bits per heavy atom. The molecule has 0 aliphatic rings. The second-order valence-electron chi connectivity index (χ2n) is 5.38. The van der Waals surface area contributed by atoms with Crippen LogP contribution in [0.5, 0.6) is 5.75 Å². The molecule has 27 heavy (non-hydrogen) atoms. The van der Waals surface area contributed by atoms with Crippen molar-refractivity contribution in [1.29, 1.82) is 0 Å². The van der Waals surface area contributed by atoms with E-state index in [1.54, 1.807) is 30.3 Å². The lowest BCUT2D eigenvalue weighted by Crippen LogP contribution is -1.91. The van der Waals surface area contributed by atoms with Crippen LogP contribution in [0.3, 0.4) is 0 Å². The van der Waals surface area contributed by atoms with Gasteiger partial charge in [-0.1, -0.05) is 0 Å². The van der Waals surface area contributed by atoms with Crippen molar-refractivity contribution < 1.29 is 18.8 Å². The number of hydrogen-bond donors (Lipinski definition) is 6. The summed E-state index contributed by atoms with van der Waals surface area (Å²) in [4.78, 5) is 1.14. The number of phenols is 1. The molecular formula is C16H14N4O4S3. The first-order chi connectivity index (χ1) is 13.0. The molecule has 0 aliphatic heterocycles. The average Bonchev–Trinajstić information content (AvgIpc) is 2.67. The number of hydrogen-bond acceptors (Lipinski definition) is 11. The van der Waals surface area contributed by atoms with E-state index in [0.717, 1.165) is 0 Å². The molecule has 0 bridgehead atoms. The Morgan fingerprint density at radius 1 is 0.815 bits per heavy atom. The van der Waals surface area contributed by atoms with Gasteiger partial charge in [0.1, 0.15) is 17.1 Å². The second kappa shape index (κ2) is 8.25. The van der Waals surface area contributed by atoms with Gasteiger partial charge in [0.05, 0.1) is 20.9 Å². The lowest BCUT2D eigenvalue weighted by molar-refractivity contribution is 0.480. The fourth-order valence-electron chi connectivity index (χ4n) is 2.49. The zero-order chi connectivity index (χ0) is 19.6. The number of fused-ring (bicyclic) bond motifs is 1. The molecule has 3 aromatic rings. The molecule has 3 rings (SSSR count). The van der Waals surface area contributed by atoms with Gasteiger partial charge in [-0.2, -0.15) is 0 Å². The molecule has 8 N–H and O–H groups in total. The predicted molar refractivity (Wildman–Crippen MR) is 111 cm³/mol. The molecular weight excluding hydrogens is 408 g/mol. The van der Waals surface area contributed by atoms with Gasteiger partial charge in [-0.05, 0) is 41.8 Å². The van der Waals surface area contributed by atoms with Crippen LogP contribution in [0.25, 0.3) is 10.8 Å². The highest BCUT2D eigenvalue weighted by atomic mass is 32.2. The number of benzene rings is 3. The molecule has 0 aromatic heterocycles. The summed E-state index contributed by atoms with van der Waals surface area (Å²) in [5, 5.41) is 19.5. The molecule has 0 radical (unpaired) electrons. The summed E-state index contributed by atoms with van der Waals surface area (Å²) in [6.07, 6.45) is 0. The summed E-state index contributed by atoms with van der Waals surface area (Å²) in [6, 6.07) is 9.30. The topological polar surface area (TPSA) is 158 Å². The first-order valence-electron chi connectivity index (χ1n) is 7.33. The lowest BCUT2D eigenvalue weighted by atomic mass is 10.1. The number of nitrogens with zero attached hydrogens (tertiary/aromatic N) is 2. The molecule has 0 atom stereocenters. The minimum atomic E-state index is -0.145. The average molecular weight is 423 g/mol. The van der Waals surface area contributed by atoms with Crippen LogP contribution in [-0.2, 0) is 0 Å². The summed E-state index contributed by atoms with van der Waals surface area (Å²) in [5.41, 5.74) is 12.9. The van der Waals surface area contributed by atoms with Crippen LogP contribution in [0.4, 0.5) is 22.7 Å². The Balaban J connectivity index is 2.22. The molecule has 0 saturated carbocycles. The van der Waals surface area contributed by atoms with Crippen molar-refractivity contribution in [3.8, 4) is 5.75 Å². The van der Waals surface area contributed by atoms with E-state index in [0.29, 0.717) is 73.0 Å². The van der Waals surface area contributed by atoms with E-state index in [9.17, 15) is 18.8 Å². The van der Waals surface area contributed by atoms with Gasteiger partial charge in [0.25, 0.3) is 0 Å². The molecule has 0 fully saturated rings. The van der Waals surface area contributed by atoms with Crippen LogP contribution in [0.1, 0.15) is 0 Å². The molecule has 8 nitrogen and oxygen atoms in total. The number of nitrogen functional groups attached to an aromatic ring is 2. The summed E-state index contributed by atoms with van der Waals surface area (Å²) in [6.45, 7) is 0. The summed E-state index contributed by atoms with van der Waals surface area (Å²) >= 11 is 1.40. The van der Waals surface area contributed by atoms with E-state index < -0.39 is 0 Å². The number of rotatable bonds is 5. The van der Waals surface area contributed by atoms with Crippen LogP contribution in [0, 0.1) is 0 Å². The molecule has 0 aliphatic carbocycles. The lowest BCUT2D eigenvalue weighted by Gasteiger charge is -2.11. The van der Waals surface area contributed by atoms with E-state index in [-0.39, 0.29) is 17.1 Å². The van der Waals surface area contributed by atoms with Gasteiger partial charge >= 0.3 is 0 Å². The first-order valence-corrected chi connectivity index (χ1v) is 9.65. The smallest absolute Gasteiger partial charge is 0.126 e. The number of anilines is 2. The zero-order valence-electron chi connectivity index (χ0n) is 13.5. The molecule has 140 valence electrons. The Morgan fingerprint density at radius 2 is 1.56 bits per heavy atom. The Hall–Kier alpha value is -2.15. The maximum absolute atomic E-state index is 10.4. The minimum Gasteiger partial charge on any atom is -0.507 e. The molecule has 11 heteroatoms. The molecule has 0 spiro atoms. The molecule has 0 saturated heterocycles. The normalized spacial score (nSPS) is 11.5. The standard InChI is InChI=1S/C16H14N4O4S3/c17-8-1-2-10(12(5-8)26-23)19-20-16-14-7(4-13(27-24)15(16)18)3-9(25-22)6-11(14)21/h1-6,21-24H,17-18H2. The van der Waals surface area contributed by atoms with Crippen molar-refractivity contribution >= 4 is 69.7 Å². The molecule has 0 heterocycles. The number of aromatic hydroxyl groups is 1. The quantitative estimate of drug-likeness (QED) is 0.169.